The highest BCUT2D eigenvalue weighted by Gasteiger charge is 2.23. The van der Waals surface area contributed by atoms with Gasteiger partial charge in [-0.1, -0.05) is 48.0 Å². The molecule has 1 aliphatic rings. The van der Waals surface area contributed by atoms with Gasteiger partial charge in [-0.2, -0.15) is 0 Å². The number of hydrogen-bond donors (Lipinski definition) is 1. The second kappa shape index (κ2) is 7.20. The molecule has 1 saturated heterocycles. The molecule has 0 aliphatic carbocycles. The van der Waals surface area contributed by atoms with Crippen molar-refractivity contribution < 1.29 is 4.79 Å². The van der Waals surface area contributed by atoms with Crippen LogP contribution in [0.3, 0.4) is 0 Å². The summed E-state index contributed by atoms with van der Waals surface area (Å²) in [5.41, 5.74) is 5.70. The Morgan fingerprint density at radius 2 is 1.92 bits per heavy atom. The van der Waals surface area contributed by atoms with Crippen LogP contribution < -0.4 is 0 Å². The molecule has 0 saturated carbocycles. The molecule has 1 fully saturated rings. The lowest BCUT2D eigenvalue weighted by atomic mass is 9.89. The van der Waals surface area contributed by atoms with Crippen LogP contribution in [0, 0.1) is 6.92 Å². The van der Waals surface area contributed by atoms with Gasteiger partial charge in [-0.15, -0.1) is 0 Å². The molecule has 0 atom stereocenters. The second-order valence-corrected chi connectivity index (χ2v) is 7.15. The van der Waals surface area contributed by atoms with Crippen LogP contribution in [0.4, 0.5) is 0 Å². The van der Waals surface area contributed by atoms with E-state index in [0.29, 0.717) is 5.92 Å². The van der Waals surface area contributed by atoms with Crippen LogP contribution in [0.25, 0.3) is 17.0 Å². The molecule has 132 valence electrons. The van der Waals surface area contributed by atoms with Gasteiger partial charge in [0.1, 0.15) is 0 Å². The van der Waals surface area contributed by atoms with Gasteiger partial charge in [0, 0.05) is 30.2 Å². The highest BCUT2D eigenvalue weighted by molar-refractivity contribution is 5.84. The molecule has 3 nitrogen and oxygen atoms in total. The average Bonchev–Trinajstić information content (AvgIpc) is 3.10. The van der Waals surface area contributed by atoms with E-state index in [4.69, 9.17) is 0 Å². The zero-order valence-electron chi connectivity index (χ0n) is 15.1. The lowest BCUT2D eigenvalue weighted by Gasteiger charge is -2.33. The van der Waals surface area contributed by atoms with Gasteiger partial charge in [0.05, 0.1) is 5.70 Å². The third-order valence-electron chi connectivity index (χ3n) is 5.40. The topological polar surface area (TPSA) is 36.1 Å². The zero-order chi connectivity index (χ0) is 17.9. The van der Waals surface area contributed by atoms with E-state index in [1.165, 1.54) is 22.0 Å². The number of carbonyl (C=O) groups is 1. The number of aryl methyl sites for hydroxylation is 1. The standard InChI is InChI=1S/C23H24N2O/c1-17-5-4-6-18(13-17)14-20(16-26)25-11-9-19(10-12-25)22-15-24-23-8-3-2-7-21(22)23/h2-8,13-16,19,24H,9-12H2,1H3. The third kappa shape index (κ3) is 3.30. The summed E-state index contributed by atoms with van der Waals surface area (Å²) in [6.45, 7) is 3.91. The van der Waals surface area contributed by atoms with E-state index in [0.717, 1.165) is 43.5 Å². The maximum absolute atomic E-state index is 11.7. The Labute approximate surface area is 154 Å². The number of aldehydes is 1. The Morgan fingerprint density at radius 3 is 2.69 bits per heavy atom. The molecule has 0 radical (unpaired) electrons. The molecule has 4 rings (SSSR count). The van der Waals surface area contributed by atoms with Crippen LogP contribution in [-0.4, -0.2) is 29.3 Å². The smallest absolute Gasteiger partial charge is 0.166 e. The fourth-order valence-corrected chi connectivity index (χ4v) is 4.01. The Balaban J connectivity index is 1.49. The largest absolute Gasteiger partial charge is 0.369 e. The van der Waals surface area contributed by atoms with Gasteiger partial charge >= 0.3 is 0 Å². The first kappa shape index (κ1) is 16.6. The third-order valence-corrected chi connectivity index (χ3v) is 5.40. The van der Waals surface area contributed by atoms with Crippen molar-refractivity contribution >= 4 is 23.3 Å². The first-order valence-electron chi connectivity index (χ1n) is 9.29. The minimum atomic E-state index is 0.550. The summed E-state index contributed by atoms with van der Waals surface area (Å²) in [7, 11) is 0. The fraction of sp³-hybridized carbons (Fsp3) is 0.261. The number of nitrogens with one attached hydrogen (secondary N) is 1. The number of rotatable bonds is 4. The van der Waals surface area contributed by atoms with Crippen LogP contribution in [0.2, 0.25) is 0 Å². The van der Waals surface area contributed by atoms with Crippen molar-refractivity contribution in [1.29, 1.82) is 0 Å². The number of H-pyrrole nitrogens is 1. The lowest BCUT2D eigenvalue weighted by Crippen LogP contribution is -2.32. The number of aromatic amines is 1. The van der Waals surface area contributed by atoms with Gasteiger partial charge in [-0.25, -0.2) is 0 Å². The number of aromatic nitrogens is 1. The van der Waals surface area contributed by atoms with Crippen LogP contribution >= 0.6 is 0 Å². The van der Waals surface area contributed by atoms with Crippen molar-refractivity contribution in [3.8, 4) is 0 Å². The Kier molecular flexibility index (Phi) is 4.61. The number of nitrogens with zero attached hydrogens (tertiary/aromatic N) is 1. The number of likely N-dealkylation sites (tertiary alicyclic amines) is 1. The number of carbonyl (C=O) groups excluding carboxylic acids is 1. The summed E-state index contributed by atoms with van der Waals surface area (Å²) in [5, 5.41) is 1.33. The Bertz CT molecular complexity index is 946. The first-order valence-corrected chi connectivity index (χ1v) is 9.29. The maximum Gasteiger partial charge on any atom is 0.166 e. The number of allylic oxidation sites excluding steroid dienone is 1. The van der Waals surface area contributed by atoms with Crippen LogP contribution in [-0.2, 0) is 4.79 Å². The van der Waals surface area contributed by atoms with Crippen molar-refractivity contribution in [1.82, 2.24) is 9.88 Å². The molecule has 0 bridgehead atoms. The van der Waals surface area contributed by atoms with Gasteiger partial charge in [0.15, 0.2) is 6.29 Å². The maximum atomic E-state index is 11.7. The number of hydrogen-bond acceptors (Lipinski definition) is 2. The van der Waals surface area contributed by atoms with E-state index in [1.807, 2.05) is 12.1 Å². The normalized spacial score (nSPS) is 16.2. The van der Waals surface area contributed by atoms with Gasteiger partial charge in [0.25, 0.3) is 0 Å². The predicted octanol–water partition coefficient (Wildman–Crippen LogP) is 4.90. The second-order valence-electron chi connectivity index (χ2n) is 7.15. The van der Waals surface area contributed by atoms with Crippen molar-refractivity contribution in [2.24, 2.45) is 0 Å². The van der Waals surface area contributed by atoms with Gasteiger partial charge in [0.2, 0.25) is 0 Å². The molecule has 1 aliphatic heterocycles. The number of para-hydroxylation sites is 1. The lowest BCUT2D eigenvalue weighted by molar-refractivity contribution is -0.106. The van der Waals surface area contributed by atoms with Crippen molar-refractivity contribution in [3.63, 3.8) is 0 Å². The van der Waals surface area contributed by atoms with E-state index in [1.54, 1.807) is 0 Å². The van der Waals surface area contributed by atoms with Crippen LogP contribution in [0.1, 0.15) is 35.4 Å². The summed E-state index contributed by atoms with van der Waals surface area (Å²) in [5.74, 6) is 0.550. The van der Waals surface area contributed by atoms with E-state index < -0.39 is 0 Å². The minimum absolute atomic E-state index is 0.550. The monoisotopic (exact) mass is 344 g/mol. The summed E-state index contributed by atoms with van der Waals surface area (Å²) in [6, 6.07) is 16.8. The summed E-state index contributed by atoms with van der Waals surface area (Å²) < 4.78 is 0. The summed E-state index contributed by atoms with van der Waals surface area (Å²) >= 11 is 0. The average molecular weight is 344 g/mol. The van der Waals surface area contributed by atoms with E-state index in [2.05, 4.69) is 65.5 Å². The molecular weight excluding hydrogens is 320 g/mol. The van der Waals surface area contributed by atoms with Gasteiger partial charge in [-0.05, 0) is 49.0 Å². The molecule has 3 aromatic rings. The van der Waals surface area contributed by atoms with Crippen molar-refractivity contribution in [2.75, 3.05) is 13.1 Å². The predicted molar refractivity (Wildman–Crippen MR) is 107 cm³/mol. The molecule has 0 spiro atoms. The molecular formula is C23H24N2O. The Morgan fingerprint density at radius 1 is 1.12 bits per heavy atom. The summed E-state index contributed by atoms with van der Waals surface area (Å²) in [6.07, 6.45) is 7.30. The van der Waals surface area contributed by atoms with E-state index in [-0.39, 0.29) is 0 Å². The van der Waals surface area contributed by atoms with Gasteiger partial charge < -0.3 is 9.88 Å². The first-order chi connectivity index (χ1) is 12.7. The SMILES string of the molecule is Cc1cccc(C=C(C=O)N2CCC(c3c[nH]c4ccccc34)CC2)c1. The molecule has 3 heteroatoms. The van der Waals surface area contributed by atoms with E-state index in [9.17, 15) is 4.79 Å². The Hall–Kier alpha value is -2.81. The number of benzene rings is 2. The molecule has 1 aromatic heterocycles. The zero-order valence-corrected chi connectivity index (χ0v) is 15.1. The molecule has 1 N–H and O–H groups in total. The fourth-order valence-electron chi connectivity index (χ4n) is 4.01. The van der Waals surface area contributed by atoms with Crippen LogP contribution in [0.5, 0.6) is 0 Å². The highest BCUT2D eigenvalue weighted by atomic mass is 16.1. The van der Waals surface area contributed by atoms with Crippen molar-refractivity contribution in [3.05, 3.63) is 77.1 Å². The molecule has 0 amide bonds. The van der Waals surface area contributed by atoms with Crippen molar-refractivity contribution in [2.45, 2.75) is 25.7 Å². The van der Waals surface area contributed by atoms with Crippen LogP contribution in [0.15, 0.2) is 60.4 Å². The minimum Gasteiger partial charge on any atom is -0.369 e. The quantitative estimate of drug-likeness (QED) is 0.540. The molecule has 2 aromatic carbocycles. The molecule has 0 unspecified atom stereocenters. The molecule has 2 heterocycles. The number of piperidine rings is 1. The molecule has 26 heavy (non-hydrogen) atoms. The van der Waals surface area contributed by atoms with E-state index >= 15 is 0 Å². The highest BCUT2D eigenvalue weighted by Crippen LogP contribution is 2.34. The number of fused-ring (bicyclic) bond motifs is 1. The summed E-state index contributed by atoms with van der Waals surface area (Å²) in [4.78, 5) is 17.3. The van der Waals surface area contributed by atoms with Gasteiger partial charge in [-0.3, -0.25) is 4.79 Å².